The molecule has 0 saturated heterocycles. The summed E-state index contributed by atoms with van der Waals surface area (Å²) >= 11 is 5.27. The fourth-order valence-corrected chi connectivity index (χ4v) is 2.48. The van der Waals surface area contributed by atoms with Crippen LogP contribution in [0.1, 0.15) is 25.5 Å². The van der Waals surface area contributed by atoms with E-state index in [1.807, 2.05) is 18.2 Å². The molecule has 20 heavy (non-hydrogen) atoms. The predicted octanol–water partition coefficient (Wildman–Crippen LogP) is 5.08. The lowest BCUT2D eigenvalue weighted by molar-refractivity contribution is 0.815. The summed E-state index contributed by atoms with van der Waals surface area (Å²) in [5.74, 6) is 1.24. The number of benzene rings is 2. The van der Waals surface area contributed by atoms with Gasteiger partial charge in [0, 0.05) is 11.3 Å². The van der Waals surface area contributed by atoms with Gasteiger partial charge in [-0.1, -0.05) is 62.5 Å². The fourth-order valence-electron chi connectivity index (χ4n) is 2.26. The van der Waals surface area contributed by atoms with Gasteiger partial charge < -0.3 is 4.98 Å². The highest BCUT2D eigenvalue weighted by molar-refractivity contribution is 7.71. The van der Waals surface area contributed by atoms with E-state index in [2.05, 4.69) is 54.1 Å². The van der Waals surface area contributed by atoms with Crippen LogP contribution >= 0.6 is 12.2 Å². The van der Waals surface area contributed by atoms with Gasteiger partial charge in [-0.25, -0.2) is 4.98 Å². The van der Waals surface area contributed by atoms with Gasteiger partial charge in [0.05, 0.1) is 0 Å². The summed E-state index contributed by atoms with van der Waals surface area (Å²) < 4.78 is 0.635. The largest absolute Gasteiger partial charge is 0.343 e. The van der Waals surface area contributed by atoms with E-state index < -0.39 is 0 Å². The van der Waals surface area contributed by atoms with Gasteiger partial charge >= 0.3 is 0 Å². The third kappa shape index (κ3) is 2.49. The second-order valence-corrected chi connectivity index (χ2v) is 5.66. The van der Waals surface area contributed by atoms with Gasteiger partial charge in [-0.3, -0.25) is 0 Å². The van der Waals surface area contributed by atoms with Crippen LogP contribution in [0.25, 0.3) is 22.2 Å². The monoisotopic (exact) mass is 280 g/mol. The zero-order valence-electron chi connectivity index (χ0n) is 11.6. The molecule has 0 aliphatic heterocycles. The average Bonchev–Trinajstić information content (AvgIpc) is 2.46. The predicted molar refractivity (Wildman–Crippen MR) is 86.5 cm³/mol. The van der Waals surface area contributed by atoms with Crippen LogP contribution < -0.4 is 0 Å². The Morgan fingerprint density at radius 3 is 2.50 bits per heavy atom. The van der Waals surface area contributed by atoms with Crippen molar-refractivity contribution in [2.75, 3.05) is 0 Å². The number of nitrogens with zero attached hydrogens (tertiary/aromatic N) is 1. The highest BCUT2D eigenvalue weighted by Gasteiger charge is 2.06. The Bertz CT molecular complexity index is 818. The van der Waals surface area contributed by atoms with E-state index >= 15 is 0 Å². The van der Waals surface area contributed by atoms with Gasteiger partial charge in [0.1, 0.15) is 10.5 Å². The summed E-state index contributed by atoms with van der Waals surface area (Å²) in [7, 11) is 0. The number of H-pyrrole nitrogens is 1. The fraction of sp³-hybridized carbons (Fsp3) is 0.176. The van der Waals surface area contributed by atoms with Crippen LogP contribution in [0.2, 0.25) is 0 Å². The van der Waals surface area contributed by atoms with E-state index in [-0.39, 0.29) is 0 Å². The summed E-state index contributed by atoms with van der Waals surface area (Å²) in [4.78, 5) is 7.84. The first-order valence-corrected chi connectivity index (χ1v) is 7.15. The standard InChI is InChI=1S/C17H16N2S/c1-11(2)15-10-16(20)19-17(18-15)14-8-7-12-5-3-4-6-13(12)9-14/h3-11H,1-2H3,(H,18,19,20). The van der Waals surface area contributed by atoms with Crippen molar-refractivity contribution in [3.8, 4) is 11.4 Å². The minimum atomic E-state index is 0.402. The molecule has 3 rings (SSSR count). The molecule has 100 valence electrons. The molecule has 0 saturated carbocycles. The van der Waals surface area contributed by atoms with Gasteiger partial charge in [0.15, 0.2) is 0 Å². The van der Waals surface area contributed by atoms with Crippen LogP contribution in [0.15, 0.2) is 48.5 Å². The molecule has 1 aromatic heterocycles. The molecule has 0 amide bonds. The minimum Gasteiger partial charge on any atom is -0.343 e. The Morgan fingerprint density at radius 2 is 1.75 bits per heavy atom. The molecule has 0 radical (unpaired) electrons. The maximum absolute atomic E-state index is 5.27. The third-order valence-electron chi connectivity index (χ3n) is 3.41. The number of hydrogen-bond acceptors (Lipinski definition) is 2. The van der Waals surface area contributed by atoms with Crippen LogP contribution in [0.3, 0.4) is 0 Å². The van der Waals surface area contributed by atoms with Gasteiger partial charge in [-0.15, -0.1) is 0 Å². The summed E-state index contributed by atoms with van der Waals surface area (Å²) in [6, 6.07) is 16.6. The van der Waals surface area contributed by atoms with E-state index in [1.54, 1.807) is 0 Å². The van der Waals surface area contributed by atoms with Crippen LogP contribution in [-0.2, 0) is 0 Å². The first kappa shape index (κ1) is 13.0. The molecule has 0 atom stereocenters. The first-order chi connectivity index (χ1) is 9.63. The van der Waals surface area contributed by atoms with E-state index in [0.717, 1.165) is 17.1 Å². The SMILES string of the molecule is CC(C)c1cc(=S)nc(-c2ccc3ccccc3c2)[nH]1. The molecule has 3 heteroatoms. The second-order valence-electron chi connectivity index (χ2n) is 5.24. The van der Waals surface area contributed by atoms with Crippen molar-refractivity contribution in [2.45, 2.75) is 19.8 Å². The molecular weight excluding hydrogens is 264 g/mol. The first-order valence-electron chi connectivity index (χ1n) is 6.74. The van der Waals surface area contributed by atoms with Gasteiger partial charge in [-0.2, -0.15) is 0 Å². The number of nitrogens with one attached hydrogen (secondary N) is 1. The molecule has 0 aliphatic carbocycles. The van der Waals surface area contributed by atoms with Crippen molar-refractivity contribution in [3.05, 3.63) is 58.9 Å². The maximum atomic E-state index is 5.27. The molecule has 1 heterocycles. The molecule has 0 aliphatic rings. The Hall–Kier alpha value is -2.00. The summed E-state index contributed by atoms with van der Waals surface area (Å²) in [6.07, 6.45) is 0. The Balaban J connectivity index is 2.17. The van der Waals surface area contributed by atoms with Crippen LogP contribution in [-0.4, -0.2) is 9.97 Å². The quantitative estimate of drug-likeness (QED) is 0.663. The zero-order valence-corrected chi connectivity index (χ0v) is 12.4. The number of rotatable bonds is 2. The van der Waals surface area contributed by atoms with E-state index in [0.29, 0.717) is 10.6 Å². The zero-order chi connectivity index (χ0) is 14.1. The Kier molecular flexibility index (Phi) is 3.36. The molecule has 0 bridgehead atoms. The number of aromatic nitrogens is 2. The lowest BCUT2D eigenvalue weighted by Gasteiger charge is -2.09. The van der Waals surface area contributed by atoms with Crippen molar-refractivity contribution in [3.63, 3.8) is 0 Å². The normalized spacial score (nSPS) is 11.2. The lowest BCUT2D eigenvalue weighted by Crippen LogP contribution is -1.97. The lowest BCUT2D eigenvalue weighted by atomic mass is 10.1. The summed E-state index contributed by atoms with van der Waals surface area (Å²) in [6.45, 7) is 4.29. The van der Waals surface area contributed by atoms with Crippen LogP contribution in [0.5, 0.6) is 0 Å². The number of fused-ring (bicyclic) bond motifs is 1. The van der Waals surface area contributed by atoms with E-state index in [9.17, 15) is 0 Å². The summed E-state index contributed by atoms with van der Waals surface area (Å²) in [5, 5.41) is 2.44. The highest BCUT2D eigenvalue weighted by atomic mass is 32.1. The van der Waals surface area contributed by atoms with Gasteiger partial charge in [-0.05, 0) is 28.8 Å². The molecule has 0 fully saturated rings. The summed E-state index contributed by atoms with van der Waals surface area (Å²) in [5.41, 5.74) is 2.19. The molecule has 2 nitrogen and oxygen atoms in total. The van der Waals surface area contributed by atoms with Crippen molar-refractivity contribution in [2.24, 2.45) is 0 Å². The van der Waals surface area contributed by atoms with Crippen molar-refractivity contribution >= 4 is 23.0 Å². The van der Waals surface area contributed by atoms with Gasteiger partial charge in [0.2, 0.25) is 0 Å². The molecule has 3 aromatic rings. The molecular formula is C17H16N2S. The topological polar surface area (TPSA) is 28.7 Å². The van der Waals surface area contributed by atoms with Crippen molar-refractivity contribution < 1.29 is 0 Å². The van der Waals surface area contributed by atoms with E-state index in [1.165, 1.54) is 10.8 Å². The average molecular weight is 280 g/mol. The Labute approximate surface area is 123 Å². The minimum absolute atomic E-state index is 0.402. The molecule has 1 N–H and O–H groups in total. The van der Waals surface area contributed by atoms with E-state index in [4.69, 9.17) is 12.2 Å². The smallest absolute Gasteiger partial charge is 0.139 e. The third-order valence-corrected chi connectivity index (χ3v) is 3.62. The maximum Gasteiger partial charge on any atom is 0.139 e. The molecule has 0 spiro atoms. The Morgan fingerprint density at radius 1 is 1.00 bits per heavy atom. The number of hydrogen-bond donors (Lipinski definition) is 1. The highest BCUT2D eigenvalue weighted by Crippen LogP contribution is 2.23. The van der Waals surface area contributed by atoms with Crippen molar-refractivity contribution in [1.29, 1.82) is 0 Å². The number of aromatic amines is 1. The second kappa shape index (κ2) is 5.17. The molecule has 2 aromatic carbocycles. The van der Waals surface area contributed by atoms with Crippen LogP contribution in [0, 0.1) is 4.64 Å². The van der Waals surface area contributed by atoms with Crippen molar-refractivity contribution in [1.82, 2.24) is 9.97 Å². The van der Waals surface area contributed by atoms with Crippen LogP contribution in [0.4, 0.5) is 0 Å². The molecule has 0 unspecified atom stereocenters. The van der Waals surface area contributed by atoms with Gasteiger partial charge in [0.25, 0.3) is 0 Å².